The van der Waals surface area contributed by atoms with E-state index in [-0.39, 0.29) is 0 Å². The van der Waals surface area contributed by atoms with E-state index >= 15 is 0 Å². The van der Waals surface area contributed by atoms with Crippen molar-refractivity contribution in [3.63, 3.8) is 0 Å². The molecule has 3 heteroatoms. The molecule has 0 bridgehead atoms. The summed E-state index contributed by atoms with van der Waals surface area (Å²) >= 11 is 0. The lowest BCUT2D eigenvalue weighted by Crippen LogP contribution is -2.32. The smallest absolute Gasteiger partial charge is 0.0544 e. The van der Waals surface area contributed by atoms with Crippen molar-refractivity contribution in [2.45, 2.75) is 65.2 Å². The SMILES string of the molecule is CCC(C)N(CC)Cc1ccc(CNC2CC2)cn1. The van der Waals surface area contributed by atoms with Crippen LogP contribution in [0.4, 0.5) is 0 Å². The highest BCUT2D eigenvalue weighted by atomic mass is 15.1. The number of hydrogen-bond donors (Lipinski definition) is 1. The van der Waals surface area contributed by atoms with Crippen LogP contribution in [-0.2, 0) is 13.1 Å². The third-order valence-corrected chi connectivity index (χ3v) is 4.04. The molecular formula is C16H27N3. The average Bonchev–Trinajstić information content (AvgIpc) is 3.27. The van der Waals surface area contributed by atoms with Gasteiger partial charge in [0.1, 0.15) is 0 Å². The van der Waals surface area contributed by atoms with E-state index in [1.54, 1.807) is 0 Å². The van der Waals surface area contributed by atoms with Gasteiger partial charge in [-0.3, -0.25) is 9.88 Å². The maximum Gasteiger partial charge on any atom is 0.0544 e. The predicted octanol–water partition coefficient (Wildman–Crippen LogP) is 2.95. The van der Waals surface area contributed by atoms with Crippen LogP contribution in [0, 0.1) is 0 Å². The molecule has 1 fully saturated rings. The zero-order valence-electron chi connectivity index (χ0n) is 12.5. The topological polar surface area (TPSA) is 28.2 Å². The van der Waals surface area contributed by atoms with Crippen LogP contribution in [0.25, 0.3) is 0 Å². The Morgan fingerprint density at radius 2 is 2.16 bits per heavy atom. The fourth-order valence-electron chi connectivity index (χ4n) is 2.25. The molecule has 0 spiro atoms. The minimum atomic E-state index is 0.628. The largest absolute Gasteiger partial charge is 0.310 e. The lowest BCUT2D eigenvalue weighted by atomic mass is 10.2. The second-order valence-corrected chi connectivity index (χ2v) is 5.63. The van der Waals surface area contributed by atoms with Crippen molar-refractivity contribution in [3.8, 4) is 0 Å². The number of rotatable bonds is 8. The molecule has 1 N–H and O–H groups in total. The van der Waals surface area contributed by atoms with Crippen LogP contribution in [0.3, 0.4) is 0 Å². The molecule has 1 aliphatic carbocycles. The second kappa shape index (κ2) is 7.01. The monoisotopic (exact) mass is 261 g/mol. The van der Waals surface area contributed by atoms with Gasteiger partial charge in [-0.25, -0.2) is 0 Å². The zero-order chi connectivity index (χ0) is 13.7. The van der Waals surface area contributed by atoms with E-state index in [0.717, 1.165) is 25.7 Å². The van der Waals surface area contributed by atoms with Crippen molar-refractivity contribution >= 4 is 0 Å². The van der Waals surface area contributed by atoms with Gasteiger partial charge in [0.15, 0.2) is 0 Å². The summed E-state index contributed by atoms with van der Waals surface area (Å²) in [7, 11) is 0. The van der Waals surface area contributed by atoms with Gasteiger partial charge >= 0.3 is 0 Å². The van der Waals surface area contributed by atoms with E-state index in [9.17, 15) is 0 Å². The molecule has 0 amide bonds. The second-order valence-electron chi connectivity index (χ2n) is 5.63. The summed E-state index contributed by atoms with van der Waals surface area (Å²) in [6, 6.07) is 5.78. The fraction of sp³-hybridized carbons (Fsp3) is 0.688. The van der Waals surface area contributed by atoms with Crippen LogP contribution in [0.15, 0.2) is 18.3 Å². The molecule has 1 saturated carbocycles. The van der Waals surface area contributed by atoms with Crippen molar-refractivity contribution in [1.82, 2.24) is 15.2 Å². The third kappa shape index (κ3) is 4.59. The van der Waals surface area contributed by atoms with Crippen molar-refractivity contribution in [3.05, 3.63) is 29.6 Å². The molecule has 1 atom stereocenters. The van der Waals surface area contributed by atoms with Crippen LogP contribution in [0.1, 0.15) is 51.3 Å². The fourth-order valence-corrected chi connectivity index (χ4v) is 2.25. The maximum atomic E-state index is 4.60. The van der Waals surface area contributed by atoms with Gasteiger partial charge in [0.05, 0.1) is 5.69 Å². The Labute approximate surface area is 117 Å². The molecule has 0 saturated heterocycles. The molecule has 0 aromatic carbocycles. The van der Waals surface area contributed by atoms with Gasteiger partial charge in [0, 0.05) is 31.4 Å². The highest BCUT2D eigenvalue weighted by Gasteiger charge is 2.19. The molecule has 1 aromatic heterocycles. The number of nitrogens with one attached hydrogen (secondary N) is 1. The Bertz CT molecular complexity index is 370. The number of pyridine rings is 1. The minimum absolute atomic E-state index is 0.628. The molecular weight excluding hydrogens is 234 g/mol. The van der Waals surface area contributed by atoms with E-state index in [4.69, 9.17) is 0 Å². The van der Waals surface area contributed by atoms with Crippen molar-refractivity contribution in [2.75, 3.05) is 6.54 Å². The van der Waals surface area contributed by atoms with E-state index in [0.29, 0.717) is 6.04 Å². The summed E-state index contributed by atoms with van der Waals surface area (Å²) < 4.78 is 0. The lowest BCUT2D eigenvalue weighted by molar-refractivity contribution is 0.203. The summed E-state index contributed by atoms with van der Waals surface area (Å²) in [6.07, 6.45) is 5.89. The van der Waals surface area contributed by atoms with Gasteiger partial charge in [-0.15, -0.1) is 0 Å². The molecule has 1 aromatic rings. The predicted molar refractivity (Wildman–Crippen MR) is 79.9 cm³/mol. The van der Waals surface area contributed by atoms with E-state index in [1.807, 2.05) is 6.20 Å². The van der Waals surface area contributed by atoms with E-state index in [1.165, 1.54) is 30.5 Å². The van der Waals surface area contributed by atoms with Gasteiger partial charge in [-0.2, -0.15) is 0 Å². The molecule has 3 nitrogen and oxygen atoms in total. The first-order valence-electron chi connectivity index (χ1n) is 7.64. The lowest BCUT2D eigenvalue weighted by Gasteiger charge is -2.26. The third-order valence-electron chi connectivity index (χ3n) is 4.04. The van der Waals surface area contributed by atoms with Gasteiger partial charge in [0.25, 0.3) is 0 Å². The van der Waals surface area contributed by atoms with E-state index in [2.05, 4.69) is 48.1 Å². The quantitative estimate of drug-likeness (QED) is 0.780. The van der Waals surface area contributed by atoms with Crippen molar-refractivity contribution < 1.29 is 0 Å². The summed E-state index contributed by atoms with van der Waals surface area (Å²) in [5.41, 5.74) is 2.47. The summed E-state index contributed by atoms with van der Waals surface area (Å²) in [5, 5.41) is 3.52. The molecule has 1 unspecified atom stereocenters. The van der Waals surface area contributed by atoms with Gasteiger partial charge in [-0.05, 0) is 44.4 Å². The molecule has 2 rings (SSSR count). The Hall–Kier alpha value is -0.930. The number of aromatic nitrogens is 1. The number of nitrogens with zero attached hydrogens (tertiary/aromatic N) is 2. The Morgan fingerprint density at radius 3 is 2.68 bits per heavy atom. The van der Waals surface area contributed by atoms with Crippen LogP contribution in [-0.4, -0.2) is 28.5 Å². The van der Waals surface area contributed by atoms with Gasteiger partial charge < -0.3 is 5.32 Å². The average molecular weight is 261 g/mol. The van der Waals surface area contributed by atoms with Crippen LogP contribution < -0.4 is 5.32 Å². The normalized spacial score (nSPS) is 16.8. The van der Waals surface area contributed by atoms with E-state index < -0.39 is 0 Å². The summed E-state index contributed by atoms with van der Waals surface area (Å²) in [5.74, 6) is 0. The van der Waals surface area contributed by atoms with Crippen LogP contribution in [0.2, 0.25) is 0 Å². The first-order chi connectivity index (χ1) is 9.22. The van der Waals surface area contributed by atoms with Crippen LogP contribution >= 0.6 is 0 Å². The van der Waals surface area contributed by atoms with Crippen molar-refractivity contribution in [2.24, 2.45) is 0 Å². The van der Waals surface area contributed by atoms with Crippen molar-refractivity contribution in [1.29, 1.82) is 0 Å². The maximum absolute atomic E-state index is 4.60. The standard InChI is InChI=1S/C16H27N3/c1-4-13(3)19(5-2)12-16-7-6-14(11-18-16)10-17-15-8-9-15/h6-7,11,13,15,17H,4-5,8-10,12H2,1-3H3. The molecule has 106 valence electrons. The molecule has 19 heavy (non-hydrogen) atoms. The highest BCUT2D eigenvalue weighted by Crippen LogP contribution is 2.19. The molecule has 0 aliphatic heterocycles. The Balaban J connectivity index is 1.85. The van der Waals surface area contributed by atoms with Gasteiger partial charge in [0.2, 0.25) is 0 Å². The minimum Gasteiger partial charge on any atom is -0.310 e. The first-order valence-corrected chi connectivity index (χ1v) is 7.64. The molecule has 1 aliphatic rings. The zero-order valence-corrected chi connectivity index (χ0v) is 12.5. The van der Waals surface area contributed by atoms with Crippen LogP contribution in [0.5, 0.6) is 0 Å². The molecule has 0 radical (unpaired) electrons. The number of hydrogen-bond acceptors (Lipinski definition) is 3. The summed E-state index contributed by atoms with van der Waals surface area (Å²) in [4.78, 5) is 7.08. The highest BCUT2D eigenvalue weighted by molar-refractivity contribution is 5.14. The Kier molecular flexibility index (Phi) is 5.34. The first kappa shape index (κ1) is 14.5. The Morgan fingerprint density at radius 1 is 1.37 bits per heavy atom. The summed E-state index contributed by atoms with van der Waals surface area (Å²) in [6.45, 7) is 9.76. The molecule has 1 heterocycles. The van der Waals surface area contributed by atoms with Gasteiger partial charge in [-0.1, -0.05) is 19.9 Å².